The van der Waals surface area contributed by atoms with Crippen LogP contribution < -0.4 is 11.1 Å². The normalized spacial score (nSPS) is 16.3. The highest BCUT2D eigenvalue weighted by Gasteiger charge is 2.16. The first-order valence-corrected chi connectivity index (χ1v) is 7.37. The molecule has 1 amide bonds. The number of anilines is 1. The molecule has 1 aromatic carbocycles. The molecule has 1 aliphatic carbocycles. The number of carbonyl (C=O) groups excluding carboxylic acids is 1. The van der Waals surface area contributed by atoms with E-state index < -0.39 is 0 Å². The number of hydrogen-bond acceptors (Lipinski definition) is 2. The van der Waals surface area contributed by atoms with Gasteiger partial charge in [-0.2, -0.15) is 0 Å². The summed E-state index contributed by atoms with van der Waals surface area (Å²) in [5, 5.41) is 2.99. The van der Waals surface area contributed by atoms with Gasteiger partial charge in [0.05, 0.1) is 0 Å². The van der Waals surface area contributed by atoms with E-state index in [0.717, 1.165) is 12.1 Å². The van der Waals surface area contributed by atoms with Crippen molar-refractivity contribution in [3.05, 3.63) is 29.8 Å². The van der Waals surface area contributed by atoms with Crippen LogP contribution in [-0.4, -0.2) is 12.5 Å². The Bertz CT molecular complexity index is 394. The van der Waals surface area contributed by atoms with E-state index >= 15 is 0 Å². The van der Waals surface area contributed by atoms with Crippen LogP contribution in [0, 0.1) is 5.92 Å². The van der Waals surface area contributed by atoms with Crippen molar-refractivity contribution in [2.24, 2.45) is 11.7 Å². The van der Waals surface area contributed by atoms with Crippen molar-refractivity contribution in [3.8, 4) is 0 Å². The van der Waals surface area contributed by atoms with Gasteiger partial charge < -0.3 is 11.1 Å². The summed E-state index contributed by atoms with van der Waals surface area (Å²) in [7, 11) is 0. The fraction of sp³-hybridized carbons (Fsp3) is 0.562. The van der Waals surface area contributed by atoms with Crippen molar-refractivity contribution in [3.63, 3.8) is 0 Å². The Labute approximate surface area is 115 Å². The van der Waals surface area contributed by atoms with Gasteiger partial charge in [-0.25, -0.2) is 0 Å². The second-order valence-electron chi connectivity index (χ2n) is 5.49. The molecule has 0 aliphatic heterocycles. The molecule has 1 aromatic rings. The molecule has 2 rings (SSSR count). The Balaban J connectivity index is 1.80. The SMILES string of the molecule is NCCc1ccc(NC(=O)CC2CCCCC2)cc1. The second-order valence-corrected chi connectivity index (χ2v) is 5.49. The van der Waals surface area contributed by atoms with Crippen LogP contribution in [0.5, 0.6) is 0 Å². The molecule has 3 heteroatoms. The number of benzene rings is 1. The van der Waals surface area contributed by atoms with Gasteiger partial charge in [0.25, 0.3) is 0 Å². The number of amides is 1. The molecule has 3 N–H and O–H groups in total. The minimum absolute atomic E-state index is 0.151. The largest absolute Gasteiger partial charge is 0.330 e. The van der Waals surface area contributed by atoms with Gasteiger partial charge in [0.1, 0.15) is 0 Å². The first-order valence-electron chi connectivity index (χ1n) is 7.37. The quantitative estimate of drug-likeness (QED) is 0.854. The number of carbonyl (C=O) groups is 1. The van der Waals surface area contributed by atoms with Crippen LogP contribution in [0.4, 0.5) is 5.69 Å². The summed E-state index contributed by atoms with van der Waals surface area (Å²) in [5.41, 5.74) is 7.62. The van der Waals surface area contributed by atoms with E-state index in [9.17, 15) is 4.79 Å². The highest BCUT2D eigenvalue weighted by atomic mass is 16.1. The molecule has 0 heterocycles. The van der Waals surface area contributed by atoms with Crippen LogP contribution >= 0.6 is 0 Å². The Morgan fingerprint density at radius 3 is 2.47 bits per heavy atom. The fourth-order valence-electron chi connectivity index (χ4n) is 2.79. The monoisotopic (exact) mass is 260 g/mol. The second kappa shape index (κ2) is 7.29. The lowest BCUT2D eigenvalue weighted by Crippen LogP contribution is -2.18. The summed E-state index contributed by atoms with van der Waals surface area (Å²) in [6.07, 6.45) is 7.88. The molecule has 19 heavy (non-hydrogen) atoms. The zero-order valence-corrected chi connectivity index (χ0v) is 11.5. The summed E-state index contributed by atoms with van der Waals surface area (Å²) in [4.78, 5) is 12.0. The maximum Gasteiger partial charge on any atom is 0.224 e. The highest BCUT2D eigenvalue weighted by Crippen LogP contribution is 2.26. The van der Waals surface area contributed by atoms with E-state index in [1.807, 2.05) is 24.3 Å². The molecule has 0 unspecified atom stereocenters. The van der Waals surface area contributed by atoms with E-state index in [2.05, 4.69) is 5.32 Å². The summed E-state index contributed by atoms with van der Waals surface area (Å²) in [6, 6.07) is 7.99. The topological polar surface area (TPSA) is 55.1 Å². The molecule has 0 spiro atoms. The van der Waals surface area contributed by atoms with Crippen LogP contribution in [-0.2, 0) is 11.2 Å². The zero-order chi connectivity index (χ0) is 13.5. The fourth-order valence-corrected chi connectivity index (χ4v) is 2.79. The van der Waals surface area contributed by atoms with Crippen LogP contribution in [0.15, 0.2) is 24.3 Å². The lowest BCUT2D eigenvalue weighted by Gasteiger charge is -2.20. The van der Waals surface area contributed by atoms with E-state index in [-0.39, 0.29) is 5.91 Å². The molecular formula is C16H24N2O. The molecule has 0 saturated heterocycles. The Morgan fingerprint density at radius 2 is 1.84 bits per heavy atom. The van der Waals surface area contributed by atoms with Gasteiger partial charge in [-0.05, 0) is 49.4 Å². The van der Waals surface area contributed by atoms with Crippen LogP contribution in [0.1, 0.15) is 44.1 Å². The maximum absolute atomic E-state index is 12.0. The molecule has 1 aliphatic rings. The van der Waals surface area contributed by atoms with Crippen LogP contribution in [0.2, 0.25) is 0 Å². The summed E-state index contributed by atoms with van der Waals surface area (Å²) in [6.45, 7) is 0.660. The lowest BCUT2D eigenvalue weighted by molar-refractivity contribution is -0.117. The maximum atomic E-state index is 12.0. The summed E-state index contributed by atoms with van der Waals surface area (Å²) >= 11 is 0. The van der Waals surface area contributed by atoms with Crippen molar-refractivity contribution in [2.45, 2.75) is 44.9 Å². The van der Waals surface area contributed by atoms with E-state index in [1.165, 1.54) is 37.7 Å². The number of rotatable bonds is 5. The van der Waals surface area contributed by atoms with Crippen molar-refractivity contribution in [1.82, 2.24) is 0 Å². The third kappa shape index (κ3) is 4.67. The standard InChI is InChI=1S/C16H24N2O/c17-11-10-13-6-8-15(9-7-13)18-16(19)12-14-4-2-1-3-5-14/h6-9,14H,1-5,10-12,17H2,(H,18,19). The Kier molecular flexibility index (Phi) is 5.40. The smallest absolute Gasteiger partial charge is 0.224 e. The highest BCUT2D eigenvalue weighted by molar-refractivity contribution is 5.90. The molecule has 1 fully saturated rings. The van der Waals surface area contributed by atoms with Crippen LogP contribution in [0.25, 0.3) is 0 Å². The van der Waals surface area contributed by atoms with E-state index in [4.69, 9.17) is 5.73 Å². The van der Waals surface area contributed by atoms with Gasteiger partial charge in [-0.3, -0.25) is 4.79 Å². The average Bonchev–Trinajstić information content (AvgIpc) is 2.42. The van der Waals surface area contributed by atoms with Crippen molar-refractivity contribution in [2.75, 3.05) is 11.9 Å². The van der Waals surface area contributed by atoms with Gasteiger partial charge in [0, 0.05) is 12.1 Å². The van der Waals surface area contributed by atoms with Crippen molar-refractivity contribution >= 4 is 11.6 Å². The number of hydrogen-bond donors (Lipinski definition) is 2. The third-order valence-electron chi connectivity index (χ3n) is 3.87. The predicted molar refractivity (Wildman–Crippen MR) is 79.0 cm³/mol. The molecular weight excluding hydrogens is 236 g/mol. The molecule has 0 radical (unpaired) electrons. The third-order valence-corrected chi connectivity index (χ3v) is 3.87. The van der Waals surface area contributed by atoms with E-state index in [0.29, 0.717) is 18.9 Å². The lowest BCUT2D eigenvalue weighted by atomic mass is 9.87. The van der Waals surface area contributed by atoms with Gasteiger partial charge in [-0.15, -0.1) is 0 Å². The minimum Gasteiger partial charge on any atom is -0.330 e. The Hall–Kier alpha value is -1.35. The van der Waals surface area contributed by atoms with Crippen molar-refractivity contribution < 1.29 is 4.79 Å². The molecule has 0 bridgehead atoms. The van der Waals surface area contributed by atoms with Crippen LogP contribution in [0.3, 0.4) is 0 Å². The van der Waals surface area contributed by atoms with Crippen molar-refractivity contribution in [1.29, 1.82) is 0 Å². The molecule has 1 saturated carbocycles. The molecule has 0 atom stereocenters. The molecule has 3 nitrogen and oxygen atoms in total. The summed E-state index contributed by atoms with van der Waals surface area (Å²) in [5.74, 6) is 0.740. The number of nitrogens with two attached hydrogens (primary N) is 1. The first kappa shape index (κ1) is 14.1. The summed E-state index contributed by atoms with van der Waals surface area (Å²) < 4.78 is 0. The van der Waals surface area contributed by atoms with Gasteiger partial charge >= 0.3 is 0 Å². The zero-order valence-electron chi connectivity index (χ0n) is 11.5. The Morgan fingerprint density at radius 1 is 1.16 bits per heavy atom. The first-order chi connectivity index (χ1) is 9.28. The molecule has 0 aromatic heterocycles. The van der Waals surface area contributed by atoms with Gasteiger partial charge in [-0.1, -0.05) is 31.4 Å². The van der Waals surface area contributed by atoms with E-state index in [1.54, 1.807) is 0 Å². The molecule has 104 valence electrons. The van der Waals surface area contributed by atoms with Gasteiger partial charge in [0.2, 0.25) is 5.91 Å². The minimum atomic E-state index is 0.151. The van der Waals surface area contributed by atoms with Gasteiger partial charge in [0.15, 0.2) is 0 Å². The number of nitrogens with one attached hydrogen (secondary N) is 1. The predicted octanol–water partition coefficient (Wildman–Crippen LogP) is 3.10. The average molecular weight is 260 g/mol.